The van der Waals surface area contributed by atoms with E-state index in [2.05, 4.69) is 224 Å². The van der Waals surface area contributed by atoms with E-state index in [1.54, 1.807) is 0 Å². The van der Waals surface area contributed by atoms with Gasteiger partial charge in [0, 0.05) is 33.1 Å². The molecule has 3 heterocycles. The number of furan rings is 1. The molecule has 0 aliphatic heterocycles. The molecule has 10 aromatic rings. The summed E-state index contributed by atoms with van der Waals surface area (Å²) in [5, 5.41) is 5.05. The summed E-state index contributed by atoms with van der Waals surface area (Å²) in [6.07, 6.45) is 0. The summed E-state index contributed by atoms with van der Waals surface area (Å²) in [5.74, 6) is 2.07. The SMILES string of the molecule is Bc1c(B)c(B)c(-c2nc(-c3c(B)c(B)c(-c4c(B)c(B)c(B)c(B)c4B)c(B)c3B)nc(-c3c(B)c(B)c4c(oc5c(B)c(B)c(B)c(-n6c7c(B)c(B)c(B)c(B)c7c7c(B)c(B)c(B)c(B)c76)c54)c3B)n2)c(B)c1B. The fraction of sp³-hybridized carbons (Fsp3) is 0. The number of hydrogen-bond donors (Lipinski definition) is 0. The normalized spacial score (nSPS) is 11.7. The first-order valence-corrected chi connectivity index (χ1v) is 28.4. The van der Waals surface area contributed by atoms with Crippen LogP contribution in [0.25, 0.3) is 94.7 Å². The lowest BCUT2D eigenvalue weighted by Gasteiger charge is -2.27. The van der Waals surface area contributed by atoms with Crippen molar-refractivity contribution in [1.82, 2.24) is 19.5 Å². The van der Waals surface area contributed by atoms with Crippen molar-refractivity contribution in [3.05, 3.63) is 0 Å². The van der Waals surface area contributed by atoms with Crippen molar-refractivity contribution >= 4 is 416 Å². The van der Waals surface area contributed by atoms with E-state index in [0.717, 1.165) is 44.2 Å². The summed E-state index contributed by atoms with van der Waals surface area (Å²) in [5.41, 5.74) is 47.3. The fourth-order valence-corrected chi connectivity index (χ4v) is 14.3. The smallest absolute Gasteiger partial charge is 0.163 e. The van der Waals surface area contributed by atoms with Crippen LogP contribution in [0.5, 0.6) is 0 Å². The maximum atomic E-state index is 7.50. The van der Waals surface area contributed by atoms with E-state index < -0.39 is 0 Å². The Balaban J connectivity index is 1.35. The van der Waals surface area contributed by atoms with Gasteiger partial charge in [0.2, 0.25) is 0 Å². The molecule has 0 atom stereocenters. The number of fused-ring (bicyclic) bond motifs is 6. The number of nitrogens with zero attached hydrogens (tertiary/aromatic N) is 4. The van der Waals surface area contributed by atoms with Gasteiger partial charge in [0.1, 0.15) is 231 Å². The van der Waals surface area contributed by atoms with Gasteiger partial charge in [-0.05, 0) is 27.4 Å². The van der Waals surface area contributed by atoms with Gasteiger partial charge in [0.05, 0.1) is 11.1 Å². The summed E-state index contributed by atoms with van der Waals surface area (Å²) in [6.45, 7) is 0. The maximum Gasteiger partial charge on any atom is 0.163 e. The number of rotatable bonds is 5. The molecule has 0 N–H and O–H groups in total. The third kappa shape index (κ3) is 7.52. The van der Waals surface area contributed by atoms with Gasteiger partial charge in [-0.3, -0.25) is 0 Å². The molecule has 10 rings (SSSR count). The first kappa shape index (κ1) is 56.3. The van der Waals surface area contributed by atoms with E-state index in [1.165, 1.54) is 186 Å². The van der Waals surface area contributed by atoms with Crippen LogP contribution in [0.2, 0.25) is 0 Å². The zero-order valence-corrected chi connectivity index (χ0v) is 52.7. The molecule has 33 heteroatoms. The molecule has 346 valence electrons. The average Bonchev–Trinajstić information content (AvgIpc) is 3.73. The maximum absolute atomic E-state index is 7.50. The van der Waals surface area contributed by atoms with Crippen molar-refractivity contribution in [3.8, 4) is 51.0 Å². The predicted octanol–water partition coefficient (Wildman–Crippen LogP) is -37.2. The molecule has 0 amide bonds. The lowest BCUT2D eigenvalue weighted by Crippen LogP contribution is -2.57. The Morgan fingerprint density at radius 1 is 0.205 bits per heavy atom. The molecular weight excluding hydrogens is 915 g/mol. The molecule has 0 radical (unpaired) electrons. The molecule has 0 unspecified atom stereocenters. The highest BCUT2D eigenvalue weighted by molar-refractivity contribution is 6.75. The van der Waals surface area contributed by atoms with Crippen molar-refractivity contribution in [2.45, 2.75) is 0 Å². The second-order valence-corrected chi connectivity index (χ2v) is 24.3. The van der Waals surface area contributed by atoms with E-state index in [0.29, 0.717) is 17.5 Å². The van der Waals surface area contributed by atoms with Gasteiger partial charge in [0.15, 0.2) is 17.5 Å². The summed E-state index contributed by atoms with van der Waals surface area (Å²) in [6, 6.07) is 0. The Morgan fingerprint density at radius 3 is 0.833 bits per heavy atom. The highest BCUT2D eigenvalue weighted by Crippen LogP contribution is 2.35. The van der Waals surface area contributed by atoms with Crippen molar-refractivity contribution in [1.29, 1.82) is 0 Å². The summed E-state index contributed by atoms with van der Waals surface area (Å²) in [7, 11) is 64.0. The molecule has 0 fully saturated rings. The lowest BCUT2D eigenvalue weighted by atomic mass is 9.56. The third-order valence-corrected chi connectivity index (χ3v) is 21.4. The molecule has 0 saturated carbocycles. The van der Waals surface area contributed by atoms with Gasteiger partial charge >= 0.3 is 0 Å². The number of hydrogen-bond acceptors (Lipinski definition) is 4. The van der Waals surface area contributed by atoms with Crippen molar-refractivity contribution in [2.75, 3.05) is 0 Å². The summed E-state index contributed by atoms with van der Waals surface area (Å²) < 4.78 is 10.2. The first-order chi connectivity index (χ1) is 36.4. The van der Waals surface area contributed by atoms with Crippen molar-refractivity contribution in [2.24, 2.45) is 0 Å². The van der Waals surface area contributed by atoms with Gasteiger partial charge < -0.3 is 8.98 Å². The molecule has 5 nitrogen and oxygen atoms in total. The Labute approximate surface area is 488 Å². The van der Waals surface area contributed by atoms with Crippen LogP contribution < -0.4 is 153 Å². The second-order valence-electron chi connectivity index (χ2n) is 24.3. The minimum atomic E-state index is 0.667. The van der Waals surface area contributed by atoms with Gasteiger partial charge in [-0.1, -0.05) is 104 Å². The molecule has 0 bridgehead atoms. The van der Waals surface area contributed by atoms with Crippen molar-refractivity contribution < 1.29 is 4.42 Å². The summed E-state index contributed by atoms with van der Waals surface area (Å²) in [4.78, 5) is 17.0. The van der Waals surface area contributed by atoms with Gasteiger partial charge in [-0.2, -0.15) is 0 Å². The average molecular weight is 972 g/mol. The Kier molecular flexibility index (Phi) is 13.9. The number of benzene rings is 7. The Hall–Kier alpha value is -5.03. The molecular formula is C45H56B28N4O. The lowest BCUT2D eigenvalue weighted by molar-refractivity contribution is 0.674. The Bertz CT molecular complexity index is 4330. The zero-order valence-electron chi connectivity index (χ0n) is 52.7. The monoisotopic (exact) mass is 977 g/mol. The van der Waals surface area contributed by atoms with Gasteiger partial charge in [-0.15, -0.1) is 43.7 Å². The minimum absolute atomic E-state index is 0.667. The molecule has 0 spiro atoms. The zero-order chi connectivity index (χ0) is 57.4. The van der Waals surface area contributed by atoms with Crippen LogP contribution in [0.15, 0.2) is 4.42 Å². The number of aromatic nitrogens is 4. The molecule has 3 aromatic heterocycles. The highest BCUT2D eigenvalue weighted by Gasteiger charge is 2.31. The largest absolute Gasteiger partial charge is 0.457 e. The summed E-state index contributed by atoms with van der Waals surface area (Å²) >= 11 is 0. The highest BCUT2D eigenvalue weighted by atomic mass is 16.3. The van der Waals surface area contributed by atoms with Gasteiger partial charge in [0.25, 0.3) is 0 Å². The quantitative estimate of drug-likeness (QED) is 0.161. The molecule has 0 saturated heterocycles. The van der Waals surface area contributed by atoms with E-state index >= 15 is 0 Å². The van der Waals surface area contributed by atoms with Crippen LogP contribution in [0.1, 0.15) is 0 Å². The van der Waals surface area contributed by atoms with Crippen molar-refractivity contribution in [3.63, 3.8) is 0 Å². The standard InChI is InChI=1S/C45H56B28N4O/c46-10-1(2-12(48)23(59)29(65)24(60)13(2)49)11(47)18(54)7(17(10)53)43-74-44(8-20(56)27(63)30(66)28(64)21(8)57)76-45(75-43)9-19(55)16(52)5-6-40(36(72)33(69)37(73)42(6)78-41(5)22(9)58)77-38-3(14(50)25(61)31(67)34(38)70)4-15(51)26(62)32(68)35(71)39(4)77/h46-73H2. The molecule has 78 heavy (non-hydrogen) atoms. The van der Waals surface area contributed by atoms with Crippen LogP contribution in [0, 0.1) is 0 Å². The van der Waals surface area contributed by atoms with Crippen LogP contribution >= 0.6 is 0 Å². The Morgan fingerprint density at radius 2 is 0.449 bits per heavy atom. The van der Waals surface area contributed by atoms with Crippen LogP contribution in [-0.2, 0) is 0 Å². The van der Waals surface area contributed by atoms with E-state index in [-0.39, 0.29) is 0 Å². The topological polar surface area (TPSA) is 56.7 Å². The predicted molar refractivity (Wildman–Crippen MR) is 432 cm³/mol. The van der Waals surface area contributed by atoms with E-state index in [9.17, 15) is 0 Å². The van der Waals surface area contributed by atoms with E-state index in [1.807, 2.05) is 0 Å². The third-order valence-electron chi connectivity index (χ3n) is 21.4. The van der Waals surface area contributed by atoms with E-state index in [4.69, 9.17) is 19.4 Å². The van der Waals surface area contributed by atoms with Gasteiger partial charge in [-0.25, -0.2) is 15.0 Å². The van der Waals surface area contributed by atoms with Crippen LogP contribution in [0.3, 0.4) is 0 Å². The molecule has 7 aromatic carbocycles. The molecule has 0 aliphatic carbocycles. The molecule has 0 aliphatic rings. The fourth-order valence-electron chi connectivity index (χ4n) is 14.3. The van der Waals surface area contributed by atoms with Crippen LogP contribution in [0.4, 0.5) is 0 Å². The van der Waals surface area contributed by atoms with Crippen LogP contribution in [-0.4, -0.2) is 239 Å². The first-order valence-electron chi connectivity index (χ1n) is 28.4. The minimum Gasteiger partial charge on any atom is -0.457 e. The second kappa shape index (κ2) is 19.3.